The van der Waals surface area contributed by atoms with E-state index >= 15 is 0 Å². The van der Waals surface area contributed by atoms with Gasteiger partial charge >= 0.3 is 0 Å². The summed E-state index contributed by atoms with van der Waals surface area (Å²) in [5.41, 5.74) is 2.66. The first-order chi connectivity index (χ1) is 7.70. The van der Waals surface area contributed by atoms with Gasteiger partial charge in [-0.15, -0.1) is 0 Å². The predicted octanol–water partition coefficient (Wildman–Crippen LogP) is 2.35. The molecule has 16 heavy (non-hydrogen) atoms. The van der Waals surface area contributed by atoms with E-state index < -0.39 is 0 Å². The third-order valence-corrected chi connectivity index (χ3v) is 4.33. The average Bonchev–Trinajstić information content (AvgIpc) is 2.30. The average molecular weight is 232 g/mol. The second-order valence-electron chi connectivity index (χ2n) is 4.81. The Balaban J connectivity index is 2.17. The van der Waals surface area contributed by atoms with Crippen molar-refractivity contribution in [2.45, 2.75) is 31.4 Å². The molecular weight excluding hydrogens is 212 g/mol. The van der Waals surface area contributed by atoms with E-state index in [0.717, 1.165) is 16.8 Å². The Morgan fingerprint density at radius 3 is 2.69 bits per heavy atom. The zero-order valence-corrected chi connectivity index (χ0v) is 12.2. The first kappa shape index (κ1) is 11.6. The molecule has 2 rings (SSSR count). The normalized spacial score (nSPS) is 26.9. The van der Waals surface area contributed by atoms with Crippen molar-refractivity contribution in [3.63, 3.8) is 0 Å². The van der Waals surface area contributed by atoms with Gasteiger partial charge in [0, 0.05) is 16.8 Å². The van der Waals surface area contributed by atoms with Crippen molar-refractivity contribution in [2.75, 3.05) is 6.61 Å². The highest BCUT2D eigenvalue weighted by Gasteiger charge is 2.25. The summed E-state index contributed by atoms with van der Waals surface area (Å²) in [4.78, 5) is 0. The molecule has 0 radical (unpaired) electrons. The third-order valence-electron chi connectivity index (χ3n) is 3.25. The molecule has 1 atom stereocenters. The zero-order chi connectivity index (χ0) is 11.4. The van der Waals surface area contributed by atoms with E-state index in [1.807, 2.05) is 0 Å². The van der Waals surface area contributed by atoms with E-state index in [1.54, 1.807) is 0 Å². The summed E-state index contributed by atoms with van der Waals surface area (Å²) < 4.78 is 5.94. The Bertz CT molecular complexity index is 364. The smallest absolute Gasteiger partial charge is 0.0661 e. The lowest BCUT2D eigenvalue weighted by molar-refractivity contribution is 0.0157. The van der Waals surface area contributed by atoms with E-state index in [9.17, 15) is 0 Å². The topological polar surface area (TPSA) is 9.23 Å². The maximum absolute atomic E-state index is 5.94. The molecule has 86 valence electrons. The minimum absolute atomic E-state index is 0.0815. The molecule has 1 aliphatic heterocycles. The van der Waals surface area contributed by atoms with Crippen LogP contribution in [0.3, 0.4) is 0 Å². The van der Waals surface area contributed by atoms with Gasteiger partial charge in [0.2, 0.25) is 0 Å². The lowest BCUT2D eigenvalue weighted by Crippen LogP contribution is -2.34. The second-order valence-corrected chi connectivity index (χ2v) is 6.50. The van der Waals surface area contributed by atoms with Gasteiger partial charge in [-0.05, 0) is 37.3 Å². The van der Waals surface area contributed by atoms with Crippen LogP contribution in [0.15, 0.2) is 36.4 Å². The van der Waals surface area contributed by atoms with E-state index in [0.29, 0.717) is 0 Å². The van der Waals surface area contributed by atoms with Crippen molar-refractivity contribution in [3.05, 3.63) is 42.0 Å². The highest BCUT2D eigenvalue weighted by Crippen LogP contribution is 2.26. The quantitative estimate of drug-likeness (QED) is 0.711. The van der Waals surface area contributed by atoms with Crippen LogP contribution in [0.2, 0.25) is 0 Å². The van der Waals surface area contributed by atoms with Crippen molar-refractivity contribution >= 4 is 15.8 Å². The standard InChI is InChI=1S/C14H20OSi/c1-12(13-7-3-2-4-8-13)11-14(16)9-5-6-10-15-14/h2-4,7-8,11H,5-6,9-10H2,1,16H3. The highest BCUT2D eigenvalue weighted by molar-refractivity contribution is 6.16. The molecule has 0 aromatic heterocycles. The first-order valence-corrected chi connectivity index (χ1v) is 7.08. The molecular formula is C14H20OSi. The van der Waals surface area contributed by atoms with Gasteiger partial charge in [-0.3, -0.25) is 0 Å². The van der Waals surface area contributed by atoms with E-state index in [-0.39, 0.29) is 5.22 Å². The number of allylic oxidation sites excluding steroid dienone is 1. The van der Waals surface area contributed by atoms with Crippen molar-refractivity contribution in [3.8, 4) is 0 Å². The fraction of sp³-hybridized carbons (Fsp3) is 0.429. The molecule has 1 aromatic carbocycles. The summed E-state index contributed by atoms with van der Waals surface area (Å²) in [5, 5.41) is 0.0815. The number of hydrogen-bond donors (Lipinski definition) is 0. The maximum atomic E-state index is 5.94. The number of benzene rings is 1. The van der Waals surface area contributed by atoms with Gasteiger partial charge in [-0.2, -0.15) is 0 Å². The summed E-state index contributed by atoms with van der Waals surface area (Å²) >= 11 is 0. The molecule has 0 aliphatic carbocycles. The summed E-state index contributed by atoms with van der Waals surface area (Å²) in [6, 6.07) is 10.6. The molecule has 2 heteroatoms. The molecule has 0 amide bonds. The lowest BCUT2D eigenvalue weighted by atomic mass is 10.0. The summed E-state index contributed by atoms with van der Waals surface area (Å²) in [6.45, 7) is 3.12. The van der Waals surface area contributed by atoms with E-state index in [1.165, 1.54) is 30.4 Å². The van der Waals surface area contributed by atoms with Crippen LogP contribution in [0.5, 0.6) is 0 Å². The van der Waals surface area contributed by atoms with Crippen LogP contribution < -0.4 is 0 Å². The number of hydrogen-bond acceptors (Lipinski definition) is 1. The molecule has 0 bridgehead atoms. The van der Waals surface area contributed by atoms with Crippen molar-refractivity contribution in [2.24, 2.45) is 0 Å². The molecule has 1 saturated heterocycles. The Labute approximate surface area is 101 Å². The summed E-state index contributed by atoms with van der Waals surface area (Å²) in [7, 11) is 1.08. The second kappa shape index (κ2) is 4.98. The molecule has 0 saturated carbocycles. The van der Waals surface area contributed by atoms with Gasteiger partial charge in [0.15, 0.2) is 0 Å². The molecule has 1 nitrogen and oxygen atoms in total. The minimum Gasteiger partial charge on any atom is -0.376 e. The van der Waals surface area contributed by atoms with Crippen LogP contribution in [-0.4, -0.2) is 22.1 Å². The highest BCUT2D eigenvalue weighted by atomic mass is 28.1. The van der Waals surface area contributed by atoms with Gasteiger partial charge in [-0.1, -0.05) is 36.4 Å². The molecule has 1 aromatic rings. The molecule has 1 fully saturated rings. The molecule has 1 unspecified atom stereocenters. The summed E-state index contributed by atoms with van der Waals surface area (Å²) in [5.74, 6) is 0. The Kier molecular flexibility index (Phi) is 3.61. The van der Waals surface area contributed by atoms with E-state index in [2.05, 4.69) is 43.3 Å². The Morgan fingerprint density at radius 1 is 1.31 bits per heavy atom. The fourth-order valence-corrected chi connectivity index (χ4v) is 3.30. The number of rotatable bonds is 2. The lowest BCUT2D eigenvalue weighted by Gasteiger charge is -2.32. The van der Waals surface area contributed by atoms with Crippen molar-refractivity contribution < 1.29 is 4.74 Å². The van der Waals surface area contributed by atoms with Crippen LogP contribution in [0.25, 0.3) is 5.57 Å². The largest absolute Gasteiger partial charge is 0.376 e. The summed E-state index contributed by atoms with van der Waals surface area (Å²) in [6.07, 6.45) is 6.07. The van der Waals surface area contributed by atoms with Crippen molar-refractivity contribution in [1.29, 1.82) is 0 Å². The van der Waals surface area contributed by atoms with Crippen LogP contribution in [0.1, 0.15) is 31.7 Å². The fourth-order valence-electron chi connectivity index (χ4n) is 2.31. The molecule has 0 spiro atoms. The Morgan fingerprint density at radius 2 is 2.06 bits per heavy atom. The minimum atomic E-state index is 0.0815. The van der Waals surface area contributed by atoms with Gasteiger partial charge in [0.05, 0.1) is 5.22 Å². The van der Waals surface area contributed by atoms with Crippen LogP contribution in [0.4, 0.5) is 0 Å². The van der Waals surface area contributed by atoms with Gasteiger partial charge < -0.3 is 4.74 Å². The van der Waals surface area contributed by atoms with Crippen molar-refractivity contribution in [1.82, 2.24) is 0 Å². The van der Waals surface area contributed by atoms with Gasteiger partial charge in [0.25, 0.3) is 0 Å². The first-order valence-electron chi connectivity index (χ1n) is 6.08. The van der Waals surface area contributed by atoms with Crippen LogP contribution in [0, 0.1) is 0 Å². The van der Waals surface area contributed by atoms with Crippen LogP contribution >= 0.6 is 0 Å². The zero-order valence-electron chi connectivity index (χ0n) is 10.2. The Hall–Kier alpha value is -0.863. The van der Waals surface area contributed by atoms with Gasteiger partial charge in [-0.25, -0.2) is 0 Å². The molecule has 1 aliphatic rings. The SMILES string of the molecule is CC(=CC1([SiH3])CCCCO1)c1ccccc1. The van der Waals surface area contributed by atoms with E-state index in [4.69, 9.17) is 4.74 Å². The number of ether oxygens (including phenoxy) is 1. The molecule has 1 heterocycles. The van der Waals surface area contributed by atoms with Gasteiger partial charge in [0.1, 0.15) is 0 Å². The maximum Gasteiger partial charge on any atom is 0.0661 e. The monoisotopic (exact) mass is 232 g/mol. The molecule has 0 N–H and O–H groups in total. The van der Waals surface area contributed by atoms with Crippen LogP contribution in [-0.2, 0) is 4.74 Å². The third kappa shape index (κ3) is 2.83. The predicted molar refractivity (Wildman–Crippen MR) is 72.6 cm³/mol.